The van der Waals surface area contributed by atoms with Crippen molar-refractivity contribution in [2.75, 3.05) is 6.54 Å². The van der Waals surface area contributed by atoms with E-state index >= 15 is 0 Å². The molecule has 0 saturated heterocycles. The second-order valence-corrected chi connectivity index (χ2v) is 4.89. The third kappa shape index (κ3) is 5.57. The highest BCUT2D eigenvalue weighted by Crippen LogP contribution is 2.19. The standard InChI is InChI=1S/C14H20ClFN2O/c1-3-10(2)18-13(19)7-8-17-9-11-5-4-6-12(16)14(11)15/h4-6,10,17H,3,7-9H2,1-2H3,(H,18,19). The number of hydrogen-bond acceptors (Lipinski definition) is 2. The summed E-state index contributed by atoms with van der Waals surface area (Å²) in [4.78, 5) is 11.5. The first-order valence-electron chi connectivity index (χ1n) is 6.47. The number of nitrogens with one attached hydrogen (secondary N) is 2. The summed E-state index contributed by atoms with van der Waals surface area (Å²) in [6, 6.07) is 4.90. The Hall–Kier alpha value is -1.13. The summed E-state index contributed by atoms with van der Waals surface area (Å²) in [7, 11) is 0. The van der Waals surface area contributed by atoms with Gasteiger partial charge in [-0.1, -0.05) is 30.7 Å². The van der Waals surface area contributed by atoms with Crippen molar-refractivity contribution in [1.29, 1.82) is 0 Å². The average molecular weight is 287 g/mol. The van der Waals surface area contributed by atoms with Gasteiger partial charge in [0.15, 0.2) is 0 Å². The van der Waals surface area contributed by atoms with Crippen molar-refractivity contribution in [3.63, 3.8) is 0 Å². The van der Waals surface area contributed by atoms with Gasteiger partial charge in [-0.15, -0.1) is 0 Å². The Labute approximate surface area is 118 Å². The molecule has 19 heavy (non-hydrogen) atoms. The van der Waals surface area contributed by atoms with E-state index in [4.69, 9.17) is 11.6 Å². The first kappa shape index (κ1) is 15.9. The lowest BCUT2D eigenvalue weighted by molar-refractivity contribution is -0.121. The second-order valence-electron chi connectivity index (χ2n) is 4.52. The van der Waals surface area contributed by atoms with Crippen LogP contribution in [-0.4, -0.2) is 18.5 Å². The Kier molecular flexibility index (Phi) is 6.81. The largest absolute Gasteiger partial charge is 0.354 e. The maximum absolute atomic E-state index is 13.2. The van der Waals surface area contributed by atoms with E-state index in [1.165, 1.54) is 6.07 Å². The smallest absolute Gasteiger partial charge is 0.221 e. The molecule has 0 spiro atoms. The van der Waals surface area contributed by atoms with Crippen LogP contribution in [0.5, 0.6) is 0 Å². The van der Waals surface area contributed by atoms with Crippen molar-refractivity contribution >= 4 is 17.5 Å². The second kappa shape index (κ2) is 8.12. The van der Waals surface area contributed by atoms with Crippen LogP contribution < -0.4 is 10.6 Å². The molecule has 0 aromatic heterocycles. The van der Waals surface area contributed by atoms with E-state index in [2.05, 4.69) is 10.6 Å². The summed E-state index contributed by atoms with van der Waals surface area (Å²) >= 11 is 5.83. The Morgan fingerprint density at radius 1 is 1.47 bits per heavy atom. The maximum atomic E-state index is 13.2. The molecule has 0 radical (unpaired) electrons. The van der Waals surface area contributed by atoms with E-state index in [9.17, 15) is 9.18 Å². The van der Waals surface area contributed by atoms with Crippen molar-refractivity contribution in [3.05, 3.63) is 34.6 Å². The number of amides is 1. The van der Waals surface area contributed by atoms with Gasteiger partial charge in [0.25, 0.3) is 0 Å². The lowest BCUT2D eigenvalue weighted by Gasteiger charge is -2.11. The molecule has 106 valence electrons. The van der Waals surface area contributed by atoms with Gasteiger partial charge in [0.1, 0.15) is 5.82 Å². The van der Waals surface area contributed by atoms with Gasteiger partial charge in [-0.2, -0.15) is 0 Å². The van der Waals surface area contributed by atoms with Crippen molar-refractivity contribution in [3.8, 4) is 0 Å². The summed E-state index contributed by atoms with van der Waals surface area (Å²) in [6.07, 6.45) is 1.31. The van der Waals surface area contributed by atoms with Gasteiger partial charge in [-0.05, 0) is 25.0 Å². The van der Waals surface area contributed by atoms with E-state index in [0.29, 0.717) is 25.1 Å². The maximum Gasteiger partial charge on any atom is 0.221 e. The van der Waals surface area contributed by atoms with Crippen molar-refractivity contribution < 1.29 is 9.18 Å². The topological polar surface area (TPSA) is 41.1 Å². The van der Waals surface area contributed by atoms with Gasteiger partial charge in [-0.3, -0.25) is 4.79 Å². The molecule has 0 aliphatic carbocycles. The van der Waals surface area contributed by atoms with E-state index in [1.807, 2.05) is 13.8 Å². The highest BCUT2D eigenvalue weighted by atomic mass is 35.5. The molecular formula is C14H20ClFN2O. The van der Waals surface area contributed by atoms with Crippen LogP contribution in [0.15, 0.2) is 18.2 Å². The fourth-order valence-corrected chi connectivity index (χ4v) is 1.75. The molecule has 0 aliphatic rings. The van der Waals surface area contributed by atoms with Crippen LogP contribution in [0.25, 0.3) is 0 Å². The van der Waals surface area contributed by atoms with Crippen LogP contribution in [0.2, 0.25) is 5.02 Å². The Morgan fingerprint density at radius 3 is 2.89 bits per heavy atom. The molecule has 0 saturated carbocycles. The van der Waals surface area contributed by atoms with E-state index < -0.39 is 5.82 Å². The lowest BCUT2D eigenvalue weighted by atomic mass is 10.2. The first-order valence-corrected chi connectivity index (χ1v) is 6.85. The minimum absolute atomic E-state index is 0.0205. The molecule has 1 aromatic rings. The molecule has 1 unspecified atom stereocenters. The fourth-order valence-electron chi connectivity index (χ4n) is 1.56. The van der Waals surface area contributed by atoms with Crippen molar-refractivity contribution in [2.45, 2.75) is 39.3 Å². The molecule has 5 heteroatoms. The molecule has 0 aliphatic heterocycles. The molecule has 1 rings (SSSR count). The predicted octanol–water partition coefficient (Wildman–Crippen LogP) is 2.87. The van der Waals surface area contributed by atoms with Gasteiger partial charge < -0.3 is 10.6 Å². The fraction of sp³-hybridized carbons (Fsp3) is 0.500. The zero-order chi connectivity index (χ0) is 14.3. The summed E-state index contributed by atoms with van der Waals surface area (Å²) in [6.45, 7) is 4.98. The van der Waals surface area contributed by atoms with E-state index in [1.54, 1.807) is 12.1 Å². The summed E-state index contributed by atoms with van der Waals surface area (Å²) < 4.78 is 13.2. The zero-order valence-electron chi connectivity index (χ0n) is 11.3. The molecule has 0 fully saturated rings. The molecule has 2 N–H and O–H groups in total. The first-order chi connectivity index (χ1) is 9.04. The van der Waals surface area contributed by atoms with Gasteiger partial charge >= 0.3 is 0 Å². The summed E-state index contributed by atoms with van der Waals surface area (Å²) in [5.41, 5.74) is 0.698. The van der Waals surface area contributed by atoms with Crippen molar-refractivity contribution in [1.82, 2.24) is 10.6 Å². The number of halogens is 2. The molecule has 1 amide bonds. The summed E-state index contributed by atoms with van der Waals surface area (Å²) in [5.74, 6) is -0.400. The molecule has 3 nitrogen and oxygen atoms in total. The average Bonchev–Trinajstić information content (AvgIpc) is 2.39. The lowest BCUT2D eigenvalue weighted by Crippen LogP contribution is -2.33. The summed E-state index contributed by atoms with van der Waals surface area (Å²) in [5, 5.41) is 6.10. The number of hydrogen-bond donors (Lipinski definition) is 2. The normalized spacial score (nSPS) is 12.2. The molecule has 1 aromatic carbocycles. The number of benzene rings is 1. The SMILES string of the molecule is CCC(C)NC(=O)CCNCc1cccc(F)c1Cl. The van der Waals surface area contributed by atoms with Gasteiger partial charge in [0.05, 0.1) is 5.02 Å². The van der Waals surface area contributed by atoms with Gasteiger partial charge in [0, 0.05) is 25.6 Å². The number of carbonyl (C=O) groups is 1. The molecule has 1 atom stereocenters. The molecular weight excluding hydrogens is 267 g/mol. The molecule has 0 bridgehead atoms. The quantitative estimate of drug-likeness (QED) is 0.757. The van der Waals surface area contributed by atoms with Crippen molar-refractivity contribution in [2.24, 2.45) is 0 Å². The van der Waals surface area contributed by atoms with Crippen LogP contribution >= 0.6 is 11.6 Å². The van der Waals surface area contributed by atoms with Crippen LogP contribution in [0.3, 0.4) is 0 Å². The zero-order valence-corrected chi connectivity index (χ0v) is 12.1. The van der Waals surface area contributed by atoms with E-state index in [0.717, 1.165) is 6.42 Å². The van der Waals surface area contributed by atoms with Gasteiger partial charge in [0.2, 0.25) is 5.91 Å². The van der Waals surface area contributed by atoms with E-state index in [-0.39, 0.29) is 17.0 Å². The Balaban J connectivity index is 2.27. The van der Waals surface area contributed by atoms with Crippen LogP contribution in [-0.2, 0) is 11.3 Å². The highest BCUT2D eigenvalue weighted by Gasteiger charge is 2.07. The van der Waals surface area contributed by atoms with Crippen LogP contribution in [0.4, 0.5) is 4.39 Å². The number of carbonyl (C=O) groups excluding carboxylic acids is 1. The van der Waals surface area contributed by atoms with Crippen LogP contribution in [0.1, 0.15) is 32.3 Å². The Morgan fingerprint density at radius 2 is 2.21 bits per heavy atom. The van der Waals surface area contributed by atoms with Gasteiger partial charge in [-0.25, -0.2) is 4.39 Å². The number of rotatable bonds is 7. The third-order valence-corrected chi connectivity index (χ3v) is 3.32. The minimum Gasteiger partial charge on any atom is -0.354 e. The minimum atomic E-state index is -0.421. The monoisotopic (exact) mass is 286 g/mol. The molecule has 0 heterocycles. The van der Waals surface area contributed by atoms with Crippen LogP contribution in [0, 0.1) is 5.82 Å². The Bertz CT molecular complexity index is 426. The highest BCUT2D eigenvalue weighted by molar-refractivity contribution is 6.31. The third-order valence-electron chi connectivity index (χ3n) is 2.90. The predicted molar refractivity (Wildman–Crippen MR) is 75.6 cm³/mol.